The number of ether oxygens (including phenoxy) is 1. The van der Waals surface area contributed by atoms with Crippen LogP contribution in [0.4, 0.5) is 5.69 Å². The first-order valence-corrected chi connectivity index (χ1v) is 6.49. The van der Waals surface area contributed by atoms with Gasteiger partial charge in [-0.15, -0.1) is 0 Å². The van der Waals surface area contributed by atoms with Crippen molar-refractivity contribution in [2.24, 2.45) is 0 Å². The van der Waals surface area contributed by atoms with Crippen molar-refractivity contribution in [3.63, 3.8) is 0 Å². The van der Waals surface area contributed by atoms with Gasteiger partial charge in [0.05, 0.1) is 12.7 Å². The summed E-state index contributed by atoms with van der Waals surface area (Å²) in [5, 5.41) is 2.93. The monoisotopic (exact) mass is 277 g/mol. The molecule has 0 bridgehead atoms. The molecule has 3 N–H and O–H groups in total. The Balaban J connectivity index is 2.07. The molecule has 1 heterocycles. The first-order chi connectivity index (χ1) is 9.51. The Bertz CT molecular complexity index is 530. The molecule has 1 aromatic rings. The summed E-state index contributed by atoms with van der Waals surface area (Å²) in [5.74, 6) is 0.345. The molecule has 0 aliphatic carbocycles. The number of carbonyl (C=O) groups excluding carboxylic acids is 2. The predicted octanol–water partition coefficient (Wildman–Crippen LogP) is 0.628. The van der Waals surface area contributed by atoms with Gasteiger partial charge in [-0.05, 0) is 18.6 Å². The molecule has 1 atom stereocenters. The molecule has 1 aliphatic heterocycles. The van der Waals surface area contributed by atoms with Gasteiger partial charge in [0.25, 0.3) is 5.91 Å². The second-order valence-corrected chi connectivity index (χ2v) is 4.94. The Morgan fingerprint density at radius 2 is 2.25 bits per heavy atom. The SMILES string of the molecule is COc1cc(N)ccc1C(=O)NC1CCC(=O)N(C)C1. The molecule has 108 valence electrons. The lowest BCUT2D eigenvalue weighted by Gasteiger charge is -2.30. The molecule has 1 aromatic carbocycles. The van der Waals surface area contributed by atoms with E-state index in [0.717, 1.165) is 0 Å². The van der Waals surface area contributed by atoms with Crippen molar-refractivity contribution in [2.45, 2.75) is 18.9 Å². The highest BCUT2D eigenvalue weighted by Gasteiger charge is 2.25. The fourth-order valence-electron chi connectivity index (χ4n) is 2.29. The Kier molecular flexibility index (Phi) is 4.12. The minimum absolute atomic E-state index is 0.0348. The lowest BCUT2D eigenvalue weighted by molar-refractivity contribution is -0.132. The van der Waals surface area contributed by atoms with Crippen molar-refractivity contribution in [3.05, 3.63) is 23.8 Å². The average molecular weight is 277 g/mol. The van der Waals surface area contributed by atoms with Gasteiger partial charge in [0.15, 0.2) is 0 Å². The molecule has 6 heteroatoms. The fraction of sp³-hybridized carbons (Fsp3) is 0.429. The molecular formula is C14H19N3O3. The Morgan fingerprint density at radius 3 is 2.90 bits per heavy atom. The number of amides is 2. The number of methoxy groups -OCH3 is 1. The molecule has 0 saturated carbocycles. The van der Waals surface area contributed by atoms with Crippen molar-refractivity contribution in [1.29, 1.82) is 0 Å². The number of benzene rings is 1. The third-order valence-corrected chi connectivity index (χ3v) is 3.43. The van der Waals surface area contributed by atoms with Crippen LogP contribution >= 0.6 is 0 Å². The van der Waals surface area contributed by atoms with Crippen molar-refractivity contribution >= 4 is 17.5 Å². The van der Waals surface area contributed by atoms with Crippen molar-refractivity contribution in [2.75, 3.05) is 26.4 Å². The van der Waals surface area contributed by atoms with Crippen LogP contribution in [0.25, 0.3) is 0 Å². The first-order valence-electron chi connectivity index (χ1n) is 6.49. The van der Waals surface area contributed by atoms with E-state index in [1.54, 1.807) is 30.1 Å². The minimum atomic E-state index is -0.213. The third-order valence-electron chi connectivity index (χ3n) is 3.43. The smallest absolute Gasteiger partial charge is 0.255 e. The predicted molar refractivity (Wildman–Crippen MR) is 75.5 cm³/mol. The zero-order chi connectivity index (χ0) is 14.7. The molecule has 0 spiro atoms. The minimum Gasteiger partial charge on any atom is -0.496 e. The normalized spacial score (nSPS) is 18.8. The van der Waals surface area contributed by atoms with Crippen LogP contribution in [0.15, 0.2) is 18.2 Å². The Labute approximate surface area is 117 Å². The topological polar surface area (TPSA) is 84.7 Å². The summed E-state index contributed by atoms with van der Waals surface area (Å²) in [5.41, 5.74) is 6.65. The number of nitrogen functional groups attached to an aromatic ring is 1. The number of likely N-dealkylation sites (tertiary alicyclic amines) is 1. The largest absolute Gasteiger partial charge is 0.496 e. The van der Waals surface area contributed by atoms with E-state index in [9.17, 15) is 9.59 Å². The van der Waals surface area contributed by atoms with Crippen molar-refractivity contribution in [3.8, 4) is 5.75 Å². The number of likely N-dealkylation sites (N-methyl/N-ethyl adjacent to an activating group) is 1. The second kappa shape index (κ2) is 5.81. The summed E-state index contributed by atoms with van der Waals surface area (Å²) in [6.07, 6.45) is 1.12. The van der Waals surface area contributed by atoms with Crippen LogP contribution in [0.2, 0.25) is 0 Å². The molecule has 1 saturated heterocycles. The van der Waals surface area contributed by atoms with Crippen LogP contribution in [0.5, 0.6) is 5.75 Å². The average Bonchev–Trinajstić information content (AvgIpc) is 2.42. The molecule has 1 unspecified atom stereocenters. The molecule has 0 aromatic heterocycles. The van der Waals surface area contributed by atoms with Gasteiger partial charge in [-0.25, -0.2) is 0 Å². The molecule has 1 aliphatic rings. The maximum atomic E-state index is 12.3. The summed E-state index contributed by atoms with van der Waals surface area (Å²) < 4.78 is 5.17. The Hall–Kier alpha value is -2.24. The van der Waals surface area contributed by atoms with Gasteiger partial charge in [0, 0.05) is 37.8 Å². The zero-order valence-electron chi connectivity index (χ0n) is 11.7. The fourth-order valence-corrected chi connectivity index (χ4v) is 2.29. The van der Waals surface area contributed by atoms with Crippen LogP contribution < -0.4 is 15.8 Å². The van der Waals surface area contributed by atoms with E-state index >= 15 is 0 Å². The maximum Gasteiger partial charge on any atom is 0.255 e. The molecule has 1 fully saturated rings. The maximum absolute atomic E-state index is 12.3. The third kappa shape index (κ3) is 3.01. The van der Waals surface area contributed by atoms with E-state index in [-0.39, 0.29) is 17.9 Å². The molecule has 0 radical (unpaired) electrons. The number of nitrogens with one attached hydrogen (secondary N) is 1. The molecule has 2 rings (SSSR count). The molecule has 2 amide bonds. The summed E-state index contributed by atoms with van der Waals surface area (Å²) in [6, 6.07) is 4.88. The highest BCUT2D eigenvalue weighted by Crippen LogP contribution is 2.22. The van der Waals surface area contributed by atoms with E-state index in [4.69, 9.17) is 10.5 Å². The molecule has 20 heavy (non-hydrogen) atoms. The standard InChI is InChI=1S/C14H19N3O3/c1-17-8-10(4-6-13(17)18)16-14(19)11-5-3-9(15)7-12(11)20-2/h3,5,7,10H,4,6,8,15H2,1-2H3,(H,16,19). The van der Waals surface area contributed by atoms with Gasteiger partial charge in [-0.1, -0.05) is 0 Å². The molecule has 6 nitrogen and oxygen atoms in total. The van der Waals surface area contributed by atoms with Crippen LogP contribution in [-0.2, 0) is 4.79 Å². The number of nitrogens with zero attached hydrogens (tertiary/aromatic N) is 1. The van der Waals surface area contributed by atoms with E-state index in [2.05, 4.69) is 5.32 Å². The lowest BCUT2D eigenvalue weighted by atomic mass is 10.0. The van der Waals surface area contributed by atoms with E-state index in [0.29, 0.717) is 36.4 Å². The number of carbonyl (C=O) groups is 2. The van der Waals surface area contributed by atoms with Gasteiger partial charge < -0.3 is 20.7 Å². The van der Waals surface area contributed by atoms with Gasteiger partial charge in [0.1, 0.15) is 5.75 Å². The first kappa shape index (κ1) is 14.2. The summed E-state index contributed by atoms with van der Waals surface area (Å²) in [4.78, 5) is 25.3. The number of nitrogens with two attached hydrogens (primary N) is 1. The summed E-state index contributed by atoms with van der Waals surface area (Å²) in [6.45, 7) is 0.530. The Morgan fingerprint density at radius 1 is 1.50 bits per heavy atom. The lowest BCUT2D eigenvalue weighted by Crippen LogP contribution is -2.48. The highest BCUT2D eigenvalue weighted by atomic mass is 16.5. The zero-order valence-corrected chi connectivity index (χ0v) is 11.7. The number of anilines is 1. The van der Waals surface area contributed by atoms with Gasteiger partial charge in [0.2, 0.25) is 5.91 Å². The quantitative estimate of drug-likeness (QED) is 0.794. The van der Waals surface area contributed by atoms with Gasteiger partial charge >= 0.3 is 0 Å². The van der Waals surface area contributed by atoms with Crippen LogP contribution in [-0.4, -0.2) is 43.5 Å². The van der Waals surface area contributed by atoms with Crippen LogP contribution in [0, 0.1) is 0 Å². The van der Waals surface area contributed by atoms with Crippen LogP contribution in [0.3, 0.4) is 0 Å². The molecular weight excluding hydrogens is 258 g/mol. The van der Waals surface area contributed by atoms with Crippen molar-refractivity contribution < 1.29 is 14.3 Å². The van der Waals surface area contributed by atoms with Crippen molar-refractivity contribution in [1.82, 2.24) is 10.2 Å². The number of hydrogen-bond donors (Lipinski definition) is 2. The number of hydrogen-bond acceptors (Lipinski definition) is 4. The summed E-state index contributed by atoms with van der Waals surface area (Å²) in [7, 11) is 3.24. The van der Waals surface area contributed by atoms with Gasteiger partial charge in [-0.2, -0.15) is 0 Å². The van der Waals surface area contributed by atoms with E-state index in [1.165, 1.54) is 7.11 Å². The summed E-state index contributed by atoms with van der Waals surface area (Å²) >= 11 is 0. The van der Waals surface area contributed by atoms with Crippen LogP contribution in [0.1, 0.15) is 23.2 Å². The van der Waals surface area contributed by atoms with E-state index < -0.39 is 0 Å². The van der Waals surface area contributed by atoms with E-state index in [1.807, 2.05) is 0 Å². The van der Waals surface area contributed by atoms with Gasteiger partial charge in [-0.3, -0.25) is 9.59 Å². The number of piperidine rings is 1. The highest BCUT2D eigenvalue weighted by molar-refractivity contribution is 5.97. The second-order valence-electron chi connectivity index (χ2n) is 4.94. The number of rotatable bonds is 3.